The number of hydrogen-bond donors (Lipinski definition) is 4. The molecule has 2 unspecified atom stereocenters. The SMILES string of the molecule is CC1(C(=O)NOCc2ccccc2)CCC(C(=O)N[C@@H](Cc2ccc(NC(=O)c3c(Cl)cccc3Cl)cc2)C(=O)O)C1(C)C. The fourth-order valence-electron chi connectivity index (χ4n) is 5.58. The fourth-order valence-corrected chi connectivity index (χ4v) is 6.15. The molecule has 0 bridgehead atoms. The Morgan fingerprint density at radius 1 is 0.909 bits per heavy atom. The van der Waals surface area contributed by atoms with E-state index in [9.17, 15) is 24.3 Å². The first-order chi connectivity index (χ1) is 20.8. The minimum atomic E-state index is -1.20. The number of nitrogens with one attached hydrogen (secondary N) is 3. The number of amides is 3. The molecule has 3 atom stereocenters. The van der Waals surface area contributed by atoms with Gasteiger partial charge in [-0.1, -0.05) is 92.5 Å². The van der Waals surface area contributed by atoms with E-state index in [4.69, 9.17) is 28.0 Å². The summed E-state index contributed by atoms with van der Waals surface area (Å²) in [6.45, 7) is 5.70. The van der Waals surface area contributed by atoms with Gasteiger partial charge >= 0.3 is 5.97 Å². The summed E-state index contributed by atoms with van der Waals surface area (Å²) in [6, 6.07) is 19.6. The van der Waals surface area contributed by atoms with Gasteiger partial charge in [0.2, 0.25) is 11.8 Å². The van der Waals surface area contributed by atoms with Crippen molar-refractivity contribution in [2.24, 2.45) is 16.7 Å². The Balaban J connectivity index is 1.36. The zero-order valence-corrected chi connectivity index (χ0v) is 26.2. The van der Waals surface area contributed by atoms with Crippen molar-refractivity contribution in [1.82, 2.24) is 10.8 Å². The third kappa shape index (κ3) is 7.23. The maximum atomic E-state index is 13.4. The molecule has 0 aliphatic heterocycles. The molecule has 1 aliphatic carbocycles. The topological polar surface area (TPSA) is 134 Å². The van der Waals surface area contributed by atoms with E-state index in [0.29, 0.717) is 24.1 Å². The molecule has 0 radical (unpaired) electrons. The number of rotatable bonds is 11. The fraction of sp³-hybridized carbons (Fsp3) is 0.333. The van der Waals surface area contributed by atoms with E-state index in [1.165, 1.54) is 0 Å². The first-order valence-electron chi connectivity index (χ1n) is 14.2. The highest BCUT2D eigenvalue weighted by Crippen LogP contribution is 2.56. The molecule has 3 amide bonds. The smallest absolute Gasteiger partial charge is 0.326 e. The van der Waals surface area contributed by atoms with Crippen LogP contribution in [-0.4, -0.2) is 34.8 Å². The number of hydrogen-bond acceptors (Lipinski definition) is 5. The number of anilines is 1. The molecule has 4 N–H and O–H groups in total. The van der Waals surface area contributed by atoms with Crippen molar-refractivity contribution in [3.63, 3.8) is 0 Å². The van der Waals surface area contributed by atoms with E-state index in [2.05, 4.69) is 16.1 Å². The van der Waals surface area contributed by atoms with Gasteiger partial charge < -0.3 is 15.7 Å². The lowest BCUT2D eigenvalue weighted by Crippen LogP contribution is -2.51. The molecule has 0 aromatic heterocycles. The molecular weight excluding hydrogens is 605 g/mol. The lowest BCUT2D eigenvalue weighted by atomic mass is 9.65. The Morgan fingerprint density at radius 2 is 1.55 bits per heavy atom. The van der Waals surface area contributed by atoms with Crippen molar-refractivity contribution < 1.29 is 29.1 Å². The first-order valence-corrected chi connectivity index (χ1v) is 14.9. The minimum absolute atomic E-state index is 0.0177. The highest BCUT2D eigenvalue weighted by Gasteiger charge is 2.58. The summed E-state index contributed by atoms with van der Waals surface area (Å²) in [7, 11) is 0. The maximum absolute atomic E-state index is 13.4. The van der Waals surface area contributed by atoms with Crippen molar-refractivity contribution >= 4 is 52.6 Å². The van der Waals surface area contributed by atoms with Gasteiger partial charge in [-0.15, -0.1) is 0 Å². The van der Waals surface area contributed by atoms with Crippen LogP contribution in [0.1, 0.15) is 55.1 Å². The Morgan fingerprint density at radius 3 is 2.16 bits per heavy atom. The van der Waals surface area contributed by atoms with Crippen LogP contribution in [0.5, 0.6) is 0 Å². The molecule has 44 heavy (non-hydrogen) atoms. The quantitative estimate of drug-likeness (QED) is 0.189. The third-order valence-electron chi connectivity index (χ3n) is 8.75. The van der Waals surface area contributed by atoms with E-state index in [1.807, 2.05) is 44.2 Å². The van der Waals surface area contributed by atoms with E-state index in [0.717, 1.165) is 5.56 Å². The highest BCUT2D eigenvalue weighted by atomic mass is 35.5. The molecule has 232 valence electrons. The molecule has 0 spiro atoms. The van der Waals surface area contributed by atoms with Gasteiger partial charge in [0, 0.05) is 18.0 Å². The van der Waals surface area contributed by atoms with Gasteiger partial charge in [-0.2, -0.15) is 0 Å². The predicted octanol–water partition coefficient (Wildman–Crippen LogP) is 6.05. The van der Waals surface area contributed by atoms with Gasteiger partial charge in [-0.25, -0.2) is 10.3 Å². The van der Waals surface area contributed by atoms with Crippen LogP contribution in [-0.2, 0) is 32.2 Å². The number of benzene rings is 3. The van der Waals surface area contributed by atoms with Gasteiger partial charge in [-0.3, -0.25) is 19.2 Å². The van der Waals surface area contributed by atoms with Crippen molar-refractivity contribution in [3.05, 3.63) is 99.5 Å². The summed E-state index contributed by atoms with van der Waals surface area (Å²) in [6.07, 6.45) is 0.866. The van der Waals surface area contributed by atoms with Crippen molar-refractivity contribution in [2.75, 3.05) is 5.32 Å². The second-order valence-electron chi connectivity index (χ2n) is 11.7. The number of carbonyl (C=O) groups excluding carboxylic acids is 3. The number of carbonyl (C=O) groups is 4. The van der Waals surface area contributed by atoms with Gasteiger partial charge in [0.25, 0.3) is 5.91 Å². The number of aliphatic carboxylic acids is 1. The summed E-state index contributed by atoms with van der Waals surface area (Å²) in [4.78, 5) is 56.9. The molecule has 0 saturated heterocycles. The van der Waals surface area contributed by atoms with Gasteiger partial charge in [0.05, 0.1) is 27.6 Å². The second kappa shape index (κ2) is 13.8. The van der Waals surface area contributed by atoms with Gasteiger partial charge in [-0.05, 0) is 53.6 Å². The van der Waals surface area contributed by atoms with Crippen molar-refractivity contribution in [3.8, 4) is 0 Å². The van der Waals surface area contributed by atoms with E-state index < -0.39 is 40.6 Å². The molecule has 1 fully saturated rings. The monoisotopic (exact) mass is 639 g/mol. The Labute approximate surface area is 266 Å². The maximum Gasteiger partial charge on any atom is 0.326 e. The van der Waals surface area contributed by atoms with Crippen LogP contribution in [0.25, 0.3) is 0 Å². The Kier molecular flexibility index (Phi) is 10.3. The van der Waals surface area contributed by atoms with Crippen LogP contribution in [0.4, 0.5) is 5.69 Å². The molecule has 1 aliphatic rings. The summed E-state index contributed by atoms with van der Waals surface area (Å²) >= 11 is 12.2. The minimum Gasteiger partial charge on any atom is -0.480 e. The summed E-state index contributed by atoms with van der Waals surface area (Å²) < 4.78 is 0. The lowest BCUT2D eigenvalue weighted by Gasteiger charge is -2.39. The summed E-state index contributed by atoms with van der Waals surface area (Å²) in [5.41, 5.74) is 2.99. The van der Waals surface area contributed by atoms with Gasteiger partial charge in [0.1, 0.15) is 6.04 Å². The van der Waals surface area contributed by atoms with E-state index in [1.54, 1.807) is 49.4 Å². The zero-order valence-electron chi connectivity index (χ0n) is 24.7. The molecule has 9 nitrogen and oxygen atoms in total. The molecular formula is C33H35Cl2N3O6. The predicted molar refractivity (Wildman–Crippen MR) is 168 cm³/mol. The summed E-state index contributed by atoms with van der Waals surface area (Å²) in [5.74, 6) is -3.01. The average Bonchev–Trinajstić information content (AvgIpc) is 3.23. The molecule has 3 aromatic rings. The molecule has 1 saturated carbocycles. The average molecular weight is 641 g/mol. The summed E-state index contributed by atoms with van der Waals surface area (Å²) in [5, 5.41) is 15.8. The molecule has 4 rings (SSSR count). The van der Waals surface area contributed by atoms with Crippen LogP contribution in [0.2, 0.25) is 10.0 Å². The number of hydroxylamine groups is 1. The largest absolute Gasteiger partial charge is 0.480 e. The van der Waals surface area contributed by atoms with Crippen molar-refractivity contribution in [1.29, 1.82) is 0 Å². The van der Waals surface area contributed by atoms with Crippen LogP contribution in [0, 0.1) is 16.7 Å². The Bertz CT molecular complexity index is 1510. The van der Waals surface area contributed by atoms with Crippen LogP contribution in [0.3, 0.4) is 0 Å². The molecule has 3 aromatic carbocycles. The van der Waals surface area contributed by atoms with Crippen molar-refractivity contribution in [2.45, 2.75) is 52.7 Å². The third-order valence-corrected chi connectivity index (χ3v) is 9.38. The number of carboxylic acids is 1. The van der Waals surface area contributed by atoms with Crippen LogP contribution < -0.4 is 16.1 Å². The normalized spacial score (nSPS) is 19.5. The molecule has 11 heteroatoms. The van der Waals surface area contributed by atoms with E-state index >= 15 is 0 Å². The highest BCUT2D eigenvalue weighted by molar-refractivity contribution is 6.40. The number of halogens is 2. The van der Waals surface area contributed by atoms with E-state index in [-0.39, 0.29) is 34.5 Å². The van der Waals surface area contributed by atoms with Crippen LogP contribution in [0.15, 0.2) is 72.8 Å². The standard InChI is InChI=1S/C33H35Cl2N3O6/c1-32(2)23(16-17-33(32,3)31(43)38-44-19-21-8-5-4-6-9-21)28(39)37-26(30(41)42)18-20-12-14-22(15-13-20)36-29(40)27-24(34)10-7-11-25(27)35/h4-15,23,26H,16-19H2,1-3H3,(H,36,40)(H,37,39)(H,38,43)(H,41,42)/t23?,26-,33?/m0/s1. The second-order valence-corrected chi connectivity index (χ2v) is 12.5. The van der Waals surface area contributed by atoms with Gasteiger partial charge in [0.15, 0.2) is 0 Å². The van der Waals surface area contributed by atoms with Crippen LogP contribution >= 0.6 is 23.2 Å². The number of carboxylic acid groups (broad SMARTS) is 1. The lowest BCUT2D eigenvalue weighted by molar-refractivity contribution is -0.152. The first kappa shape index (κ1) is 33.0. The molecule has 0 heterocycles. The zero-order chi connectivity index (χ0) is 32.1. The Hall–Kier alpha value is -3.92.